The Kier molecular flexibility index (Phi) is 7.20. The number of carbonyl (C=O) groups is 1. The first-order valence-electron chi connectivity index (χ1n) is 9.01. The van der Waals surface area contributed by atoms with Crippen LogP contribution in [0.1, 0.15) is 70.3 Å². The van der Waals surface area contributed by atoms with Crippen LogP contribution in [0.2, 0.25) is 0 Å². The summed E-state index contributed by atoms with van der Waals surface area (Å²) in [5.74, 6) is 3.95. The average molecular weight is 312 g/mol. The molecule has 0 atom stereocenters. The van der Waals surface area contributed by atoms with E-state index in [4.69, 9.17) is 11.2 Å². The van der Waals surface area contributed by atoms with E-state index in [2.05, 4.69) is 12.8 Å². The third-order valence-corrected chi connectivity index (χ3v) is 4.89. The van der Waals surface area contributed by atoms with Gasteiger partial charge in [-0.05, 0) is 55.9 Å². The molecule has 0 saturated heterocycles. The molecule has 23 heavy (non-hydrogen) atoms. The topological polar surface area (TPSA) is 26.3 Å². The summed E-state index contributed by atoms with van der Waals surface area (Å²) in [6.07, 6.45) is 16.3. The molecule has 2 rings (SSSR count). The number of unbranched alkanes of at least 4 members (excludes halogenated alkanes) is 3. The summed E-state index contributed by atoms with van der Waals surface area (Å²) in [4.78, 5) is 12.3. The van der Waals surface area contributed by atoms with Gasteiger partial charge < -0.3 is 4.74 Å². The van der Waals surface area contributed by atoms with Gasteiger partial charge in [-0.25, -0.2) is 0 Å². The van der Waals surface area contributed by atoms with Gasteiger partial charge in [0.1, 0.15) is 5.75 Å². The molecule has 1 aromatic rings. The van der Waals surface area contributed by atoms with Crippen molar-refractivity contribution in [1.29, 1.82) is 0 Å². The quantitative estimate of drug-likeness (QED) is 0.293. The Labute approximate surface area is 140 Å². The van der Waals surface area contributed by atoms with E-state index in [-0.39, 0.29) is 11.9 Å². The van der Waals surface area contributed by atoms with Crippen molar-refractivity contribution in [1.82, 2.24) is 0 Å². The van der Waals surface area contributed by atoms with E-state index in [0.29, 0.717) is 5.75 Å². The van der Waals surface area contributed by atoms with E-state index < -0.39 is 0 Å². The van der Waals surface area contributed by atoms with Crippen LogP contribution in [-0.4, -0.2) is 5.97 Å². The first kappa shape index (κ1) is 17.6. The normalized spacial score (nSPS) is 20.7. The maximum Gasteiger partial charge on any atom is 0.314 e. The molecule has 2 heteroatoms. The van der Waals surface area contributed by atoms with Crippen LogP contribution in [-0.2, 0) is 4.79 Å². The van der Waals surface area contributed by atoms with Crippen molar-refractivity contribution in [3.05, 3.63) is 29.8 Å². The van der Waals surface area contributed by atoms with Gasteiger partial charge >= 0.3 is 5.97 Å². The number of esters is 1. The Morgan fingerprint density at radius 3 is 2.43 bits per heavy atom. The lowest BCUT2D eigenvalue weighted by Crippen LogP contribution is -2.25. The van der Waals surface area contributed by atoms with Gasteiger partial charge in [0.05, 0.1) is 5.92 Å². The molecule has 0 bridgehead atoms. The molecule has 0 spiro atoms. The third kappa shape index (κ3) is 5.75. The predicted octanol–water partition coefficient (Wildman–Crippen LogP) is 5.35. The molecular weight excluding hydrogens is 284 g/mol. The van der Waals surface area contributed by atoms with Gasteiger partial charge in [0.25, 0.3) is 0 Å². The Bertz CT molecular complexity index is 516. The minimum Gasteiger partial charge on any atom is -0.426 e. The first-order valence-corrected chi connectivity index (χ1v) is 9.01. The number of hydrogen-bond donors (Lipinski definition) is 0. The second-order valence-corrected chi connectivity index (χ2v) is 6.66. The Morgan fingerprint density at radius 1 is 1.13 bits per heavy atom. The molecule has 0 aliphatic heterocycles. The Balaban J connectivity index is 1.71. The van der Waals surface area contributed by atoms with Crippen LogP contribution in [0.25, 0.3) is 0 Å². The molecule has 0 amide bonds. The summed E-state index contributed by atoms with van der Waals surface area (Å²) in [5, 5.41) is 0. The molecule has 0 unspecified atom stereocenters. The molecule has 1 aliphatic rings. The number of benzene rings is 1. The van der Waals surface area contributed by atoms with E-state index in [1.165, 1.54) is 44.9 Å². The molecule has 1 fully saturated rings. The van der Waals surface area contributed by atoms with Crippen molar-refractivity contribution < 1.29 is 9.53 Å². The highest BCUT2D eigenvalue weighted by Gasteiger charge is 2.27. The lowest BCUT2D eigenvalue weighted by molar-refractivity contribution is -0.140. The summed E-state index contributed by atoms with van der Waals surface area (Å²) >= 11 is 0. The highest BCUT2D eigenvalue weighted by Crippen LogP contribution is 2.33. The minimum atomic E-state index is -0.0807. The monoisotopic (exact) mass is 312 g/mol. The first-order chi connectivity index (χ1) is 11.2. The average Bonchev–Trinajstić information content (AvgIpc) is 2.60. The number of carbonyl (C=O) groups excluding carboxylic acids is 1. The zero-order valence-corrected chi connectivity index (χ0v) is 14.2. The summed E-state index contributed by atoms with van der Waals surface area (Å²) in [6, 6.07) is 7.14. The van der Waals surface area contributed by atoms with Gasteiger partial charge in [0.15, 0.2) is 0 Å². The molecule has 1 saturated carbocycles. The molecule has 1 aromatic carbocycles. The van der Waals surface area contributed by atoms with Crippen molar-refractivity contribution in [2.24, 2.45) is 11.8 Å². The Hall–Kier alpha value is -1.75. The van der Waals surface area contributed by atoms with Crippen LogP contribution in [0, 0.1) is 24.2 Å². The third-order valence-electron chi connectivity index (χ3n) is 4.89. The molecule has 0 heterocycles. The maximum atomic E-state index is 12.3. The minimum absolute atomic E-state index is 0.0641. The van der Waals surface area contributed by atoms with Crippen molar-refractivity contribution in [3.8, 4) is 18.1 Å². The highest BCUT2D eigenvalue weighted by molar-refractivity contribution is 5.75. The lowest BCUT2D eigenvalue weighted by Gasteiger charge is -2.27. The predicted molar refractivity (Wildman–Crippen MR) is 94.2 cm³/mol. The van der Waals surface area contributed by atoms with Crippen molar-refractivity contribution in [2.45, 2.75) is 64.7 Å². The molecular formula is C21H28O2. The van der Waals surface area contributed by atoms with Crippen molar-refractivity contribution in [3.63, 3.8) is 0 Å². The largest absolute Gasteiger partial charge is 0.426 e. The molecule has 124 valence electrons. The fraction of sp³-hybridized carbons (Fsp3) is 0.571. The molecule has 0 aromatic heterocycles. The SMILES string of the molecule is C#Cc1ccc(OC(=O)C2CCC(CCCCCC)CC2)cc1. The standard InChI is InChI=1S/C21H28O2/c1-3-5-6-7-8-18-9-13-19(14-10-18)21(22)23-20-15-11-17(4-2)12-16-20/h2,11-12,15-16,18-19H,3,5-10,13-14H2,1H3. The van der Waals surface area contributed by atoms with Crippen LogP contribution in [0.4, 0.5) is 0 Å². The van der Waals surface area contributed by atoms with E-state index in [0.717, 1.165) is 24.3 Å². The van der Waals surface area contributed by atoms with E-state index >= 15 is 0 Å². The van der Waals surface area contributed by atoms with E-state index in [9.17, 15) is 4.79 Å². The van der Waals surface area contributed by atoms with Crippen LogP contribution in [0.3, 0.4) is 0 Å². The van der Waals surface area contributed by atoms with Gasteiger partial charge in [-0.3, -0.25) is 4.79 Å². The number of terminal acetylenes is 1. The maximum absolute atomic E-state index is 12.3. The van der Waals surface area contributed by atoms with Gasteiger partial charge in [-0.1, -0.05) is 44.9 Å². The lowest BCUT2D eigenvalue weighted by atomic mass is 9.80. The van der Waals surface area contributed by atoms with Crippen LogP contribution in [0.5, 0.6) is 5.75 Å². The fourth-order valence-electron chi connectivity index (χ4n) is 3.37. The number of ether oxygens (including phenoxy) is 1. The zero-order valence-electron chi connectivity index (χ0n) is 14.2. The molecule has 2 nitrogen and oxygen atoms in total. The van der Waals surface area contributed by atoms with Crippen molar-refractivity contribution in [2.75, 3.05) is 0 Å². The summed E-state index contributed by atoms with van der Waals surface area (Å²) in [7, 11) is 0. The van der Waals surface area contributed by atoms with E-state index in [1.807, 2.05) is 0 Å². The molecule has 0 radical (unpaired) electrons. The van der Waals surface area contributed by atoms with Gasteiger partial charge in [0.2, 0.25) is 0 Å². The number of hydrogen-bond acceptors (Lipinski definition) is 2. The second kappa shape index (κ2) is 9.40. The van der Waals surface area contributed by atoms with Gasteiger partial charge in [0, 0.05) is 5.56 Å². The Morgan fingerprint density at radius 2 is 1.83 bits per heavy atom. The molecule has 0 N–H and O–H groups in total. The molecule has 1 aliphatic carbocycles. The van der Waals surface area contributed by atoms with Crippen LogP contribution < -0.4 is 4.74 Å². The smallest absolute Gasteiger partial charge is 0.314 e. The highest BCUT2D eigenvalue weighted by atomic mass is 16.5. The summed E-state index contributed by atoms with van der Waals surface area (Å²) in [6.45, 7) is 2.25. The van der Waals surface area contributed by atoms with E-state index in [1.54, 1.807) is 24.3 Å². The van der Waals surface area contributed by atoms with Crippen molar-refractivity contribution >= 4 is 5.97 Å². The summed E-state index contributed by atoms with van der Waals surface area (Å²) in [5.41, 5.74) is 0.799. The van der Waals surface area contributed by atoms with Gasteiger partial charge in [-0.15, -0.1) is 6.42 Å². The second-order valence-electron chi connectivity index (χ2n) is 6.66. The zero-order chi connectivity index (χ0) is 16.5. The van der Waals surface area contributed by atoms with Crippen LogP contribution >= 0.6 is 0 Å². The van der Waals surface area contributed by atoms with Crippen LogP contribution in [0.15, 0.2) is 24.3 Å². The fourth-order valence-corrected chi connectivity index (χ4v) is 3.37. The number of rotatable bonds is 7. The summed E-state index contributed by atoms with van der Waals surface area (Å²) < 4.78 is 5.49. The van der Waals surface area contributed by atoms with Gasteiger partial charge in [-0.2, -0.15) is 0 Å².